The van der Waals surface area contributed by atoms with Crippen molar-refractivity contribution in [3.8, 4) is 0 Å². The molecule has 2 unspecified atom stereocenters. The van der Waals surface area contributed by atoms with E-state index in [1.807, 2.05) is 19.9 Å². The molecule has 2 saturated heterocycles. The average Bonchev–Trinajstić information content (AvgIpc) is 2.64. The van der Waals surface area contributed by atoms with E-state index >= 15 is 0 Å². The molecule has 0 aromatic carbocycles. The van der Waals surface area contributed by atoms with E-state index in [4.69, 9.17) is 0 Å². The van der Waals surface area contributed by atoms with Crippen LogP contribution in [-0.4, -0.2) is 47.3 Å². The van der Waals surface area contributed by atoms with E-state index < -0.39 is 0 Å². The molecule has 3 rings (SSSR count). The Morgan fingerprint density at radius 2 is 1.82 bits per heavy atom. The van der Waals surface area contributed by atoms with Crippen LogP contribution in [0.2, 0.25) is 0 Å². The molecule has 2 aliphatic heterocycles. The van der Waals surface area contributed by atoms with Crippen LogP contribution in [0, 0.1) is 0 Å². The summed E-state index contributed by atoms with van der Waals surface area (Å²) in [6.45, 7) is 6.21. The number of piperazine rings is 1. The van der Waals surface area contributed by atoms with Gasteiger partial charge >= 0.3 is 0 Å². The number of hydrogen-bond donors (Lipinski definition) is 0. The Kier molecular flexibility index (Phi) is 3.94. The van der Waals surface area contributed by atoms with Crippen LogP contribution >= 0.6 is 0 Å². The van der Waals surface area contributed by atoms with Crippen molar-refractivity contribution in [1.29, 1.82) is 0 Å². The van der Waals surface area contributed by atoms with Gasteiger partial charge in [0.15, 0.2) is 5.82 Å². The average molecular weight is 234 g/mol. The van der Waals surface area contributed by atoms with Crippen LogP contribution in [0.3, 0.4) is 0 Å². The minimum absolute atomic E-state index is 0.714. The fraction of sp³-hybridized carbons (Fsp3) is 0.692. The van der Waals surface area contributed by atoms with Gasteiger partial charge in [-0.05, 0) is 32.0 Å². The number of hydrogen-bond acceptors (Lipinski definition) is 4. The van der Waals surface area contributed by atoms with Crippen molar-refractivity contribution in [1.82, 2.24) is 15.1 Å². The Labute approximate surface area is 104 Å². The minimum Gasteiger partial charge on any atom is -0.352 e. The van der Waals surface area contributed by atoms with Crippen molar-refractivity contribution in [3.05, 3.63) is 18.3 Å². The molecule has 4 heteroatoms. The van der Waals surface area contributed by atoms with Crippen molar-refractivity contribution in [2.75, 3.05) is 25.0 Å². The van der Waals surface area contributed by atoms with E-state index in [9.17, 15) is 0 Å². The first-order chi connectivity index (χ1) is 8.34. The summed E-state index contributed by atoms with van der Waals surface area (Å²) < 4.78 is 0. The third kappa shape index (κ3) is 2.41. The molecule has 94 valence electrons. The highest BCUT2D eigenvalue weighted by atomic mass is 15.3. The van der Waals surface area contributed by atoms with Crippen LogP contribution in [0.15, 0.2) is 18.3 Å². The number of nitrogens with zero attached hydrogens (tertiary/aromatic N) is 4. The minimum atomic E-state index is 0.714. The summed E-state index contributed by atoms with van der Waals surface area (Å²) in [4.78, 5) is 4.89. The van der Waals surface area contributed by atoms with Gasteiger partial charge in [-0.3, -0.25) is 4.90 Å². The van der Waals surface area contributed by atoms with Gasteiger partial charge in [0.05, 0.1) is 0 Å². The summed E-state index contributed by atoms with van der Waals surface area (Å²) in [5, 5.41) is 8.13. The molecule has 0 amide bonds. The molecular weight excluding hydrogens is 212 g/mol. The maximum absolute atomic E-state index is 4.18. The number of anilines is 1. The number of fused-ring (bicyclic) bond motifs is 2. The molecule has 0 spiro atoms. The van der Waals surface area contributed by atoms with Gasteiger partial charge in [-0.1, -0.05) is 13.8 Å². The molecule has 3 heterocycles. The molecule has 4 nitrogen and oxygen atoms in total. The van der Waals surface area contributed by atoms with Crippen LogP contribution in [0.1, 0.15) is 26.7 Å². The van der Waals surface area contributed by atoms with Gasteiger partial charge in [0, 0.05) is 31.4 Å². The van der Waals surface area contributed by atoms with E-state index in [1.54, 1.807) is 6.20 Å². The highest BCUT2D eigenvalue weighted by Gasteiger charge is 2.37. The smallest absolute Gasteiger partial charge is 0.151 e. The summed E-state index contributed by atoms with van der Waals surface area (Å²) in [5.74, 6) is 1.03. The van der Waals surface area contributed by atoms with E-state index in [0.717, 1.165) is 18.9 Å². The predicted molar refractivity (Wildman–Crippen MR) is 70.2 cm³/mol. The van der Waals surface area contributed by atoms with Gasteiger partial charge in [-0.25, -0.2) is 0 Å². The standard InChI is InChI=1S/C11H16N4.C2H6/c1-14-9-4-5-10(14)8-15(7-9)11-3-2-6-12-13-11;1-2/h2-3,6,9-10H,4-5,7-8H2,1H3;1-2H3. The highest BCUT2D eigenvalue weighted by Crippen LogP contribution is 2.29. The molecule has 2 fully saturated rings. The van der Waals surface area contributed by atoms with Crippen LogP contribution in [0.25, 0.3) is 0 Å². The Bertz CT molecular complexity index is 327. The monoisotopic (exact) mass is 234 g/mol. The number of likely N-dealkylation sites (N-methyl/N-ethyl adjacent to an activating group) is 1. The maximum atomic E-state index is 4.18. The Balaban J connectivity index is 0.000000514. The maximum Gasteiger partial charge on any atom is 0.151 e. The fourth-order valence-corrected chi connectivity index (χ4v) is 2.76. The lowest BCUT2D eigenvalue weighted by Crippen LogP contribution is -2.52. The van der Waals surface area contributed by atoms with Gasteiger partial charge < -0.3 is 4.90 Å². The molecule has 1 aromatic heterocycles. The summed E-state index contributed by atoms with van der Waals surface area (Å²) in [6.07, 6.45) is 4.39. The molecule has 0 aliphatic carbocycles. The first kappa shape index (κ1) is 12.3. The van der Waals surface area contributed by atoms with Gasteiger partial charge in [0.2, 0.25) is 0 Å². The van der Waals surface area contributed by atoms with Crippen LogP contribution in [0.5, 0.6) is 0 Å². The SMILES string of the molecule is CC.CN1C2CCC1CN(c1cccnn1)C2. The zero-order chi connectivity index (χ0) is 12.3. The predicted octanol–water partition coefficient (Wildman–Crippen LogP) is 1.79. The summed E-state index contributed by atoms with van der Waals surface area (Å²) >= 11 is 0. The molecule has 2 aliphatic rings. The lowest BCUT2D eigenvalue weighted by molar-refractivity contribution is 0.211. The second kappa shape index (κ2) is 5.45. The summed E-state index contributed by atoms with van der Waals surface area (Å²) in [6, 6.07) is 5.44. The third-order valence-electron chi connectivity index (χ3n) is 3.73. The third-order valence-corrected chi connectivity index (χ3v) is 3.73. The van der Waals surface area contributed by atoms with E-state index in [2.05, 4.69) is 33.1 Å². The zero-order valence-electron chi connectivity index (χ0n) is 11.0. The molecule has 0 N–H and O–H groups in total. The summed E-state index contributed by atoms with van der Waals surface area (Å²) in [7, 11) is 2.25. The van der Waals surface area contributed by atoms with Crippen molar-refractivity contribution in [3.63, 3.8) is 0 Å². The van der Waals surface area contributed by atoms with Crippen LogP contribution in [-0.2, 0) is 0 Å². The zero-order valence-corrected chi connectivity index (χ0v) is 11.0. The Hall–Kier alpha value is -1.16. The van der Waals surface area contributed by atoms with Gasteiger partial charge in [0.25, 0.3) is 0 Å². The Morgan fingerprint density at radius 3 is 2.35 bits per heavy atom. The molecule has 0 radical (unpaired) electrons. The van der Waals surface area contributed by atoms with E-state index in [0.29, 0.717) is 12.1 Å². The van der Waals surface area contributed by atoms with Crippen molar-refractivity contribution in [2.24, 2.45) is 0 Å². The van der Waals surface area contributed by atoms with E-state index in [-0.39, 0.29) is 0 Å². The normalized spacial score (nSPS) is 27.6. The van der Waals surface area contributed by atoms with Gasteiger partial charge in [0.1, 0.15) is 0 Å². The summed E-state index contributed by atoms with van der Waals surface area (Å²) in [5.41, 5.74) is 0. The van der Waals surface area contributed by atoms with Gasteiger partial charge in [-0.2, -0.15) is 5.10 Å². The highest BCUT2D eigenvalue weighted by molar-refractivity contribution is 5.38. The largest absolute Gasteiger partial charge is 0.352 e. The number of aromatic nitrogens is 2. The van der Waals surface area contributed by atoms with Crippen LogP contribution in [0.4, 0.5) is 5.82 Å². The lowest BCUT2D eigenvalue weighted by Gasteiger charge is -2.39. The quantitative estimate of drug-likeness (QED) is 0.741. The van der Waals surface area contributed by atoms with Gasteiger partial charge in [-0.15, -0.1) is 5.10 Å². The second-order valence-electron chi connectivity index (χ2n) is 4.54. The van der Waals surface area contributed by atoms with Crippen molar-refractivity contribution >= 4 is 5.82 Å². The molecule has 17 heavy (non-hydrogen) atoms. The van der Waals surface area contributed by atoms with Crippen molar-refractivity contribution in [2.45, 2.75) is 38.8 Å². The molecule has 1 aromatic rings. The molecular formula is C13H22N4. The molecule has 0 saturated carbocycles. The first-order valence-corrected chi connectivity index (χ1v) is 6.59. The topological polar surface area (TPSA) is 32.3 Å². The molecule has 2 atom stereocenters. The number of rotatable bonds is 1. The van der Waals surface area contributed by atoms with Crippen molar-refractivity contribution < 1.29 is 0 Å². The van der Waals surface area contributed by atoms with E-state index in [1.165, 1.54) is 12.8 Å². The lowest BCUT2D eigenvalue weighted by atomic mass is 10.2. The van der Waals surface area contributed by atoms with Crippen LogP contribution < -0.4 is 4.90 Å². The fourth-order valence-electron chi connectivity index (χ4n) is 2.76. The molecule has 2 bridgehead atoms. The first-order valence-electron chi connectivity index (χ1n) is 6.59. The Morgan fingerprint density at radius 1 is 1.18 bits per heavy atom. The second-order valence-corrected chi connectivity index (χ2v) is 4.54.